The molecule has 76 valence electrons. The Morgan fingerprint density at radius 1 is 0.733 bits per heavy atom. The van der Waals surface area contributed by atoms with Gasteiger partial charge in [-0.05, 0) is 24.3 Å². The summed E-state index contributed by atoms with van der Waals surface area (Å²) in [6.07, 6.45) is 0. The average Bonchev–Trinajstić information content (AvgIpc) is 2.26. The zero-order valence-electron chi connectivity index (χ0n) is 7.94. The average molecular weight is 220 g/mol. The molecule has 0 atom stereocenters. The van der Waals surface area contributed by atoms with Crippen LogP contribution in [-0.4, -0.2) is 0 Å². The molecule has 2 aromatic rings. The third-order valence-corrected chi connectivity index (χ3v) is 2.26. The van der Waals surface area contributed by atoms with E-state index >= 15 is 0 Å². The van der Waals surface area contributed by atoms with E-state index < -0.39 is 0 Å². The Morgan fingerprint density at radius 2 is 1.20 bits per heavy atom. The molecular formula is C12H10ClNO. The summed E-state index contributed by atoms with van der Waals surface area (Å²) in [7, 11) is 0. The summed E-state index contributed by atoms with van der Waals surface area (Å²) in [5, 5.41) is 3.32. The summed E-state index contributed by atoms with van der Waals surface area (Å²) in [5.41, 5.74) is 2.04. The first-order chi connectivity index (χ1) is 6.93. The molecule has 1 heterocycles. The van der Waals surface area contributed by atoms with Crippen LogP contribution in [-0.2, 0) is 0 Å². The Balaban J connectivity index is 0.000000853. The van der Waals surface area contributed by atoms with Crippen molar-refractivity contribution >= 4 is 23.8 Å². The van der Waals surface area contributed by atoms with E-state index in [2.05, 4.69) is 5.32 Å². The second-order valence-electron chi connectivity index (χ2n) is 3.22. The van der Waals surface area contributed by atoms with Crippen molar-refractivity contribution in [3.63, 3.8) is 0 Å². The number of nitrogens with one attached hydrogen (secondary N) is 1. The van der Waals surface area contributed by atoms with E-state index in [0.717, 1.165) is 22.9 Å². The summed E-state index contributed by atoms with van der Waals surface area (Å²) in [6.45, 7) is 0. The Morgan fingerprint density at radius 3 is 1.73 bits per heavy atom. The molecule has 0 saturated carbocycles. The fourth-order valence-electron chi connectivity index (χ4n) is 1.58. The lowest BCUT2D eigenvalue weighted by atomic mass is 10.2. The Labute approximate surface area is 94.3 Å². The van der Waals surface area contributed by atoms with Gasteiger partial charge in [0, 0.05) is 0 Å². The summed E-state index contributed by atoms with van der Waals surface area (Å²) < 4.78 is 5.71. The second-order valence-corrected chi connectivity index (χ2v) is 3.22. The highest BCUT2D eigenvalue weighted by Crippen LogP contribution is 2.40. The summed E-state index contributed by atoms with van der Waals surface area (Å²) in [4.78, 5) is 0. The van der Waals surface area contributed by atoms with Gasteiger partial charge in [0.1, 0.15) is 0 Å². The molecule has 0 aromatic heterocycles. The molecule has 0 bridgehead atoms. The molecule has 2 nitrogen and oxygen atoms in total. The second kappa shape index (κ2) is 3.83. The van der Waals surface area contributed by atoms with Crippen LogP contribution in [0.3, 0.4) is 0 Å². The SMILES string of the molecule is Cl.c1ccc2c(c1)Nc1ccccc1O2. The molecule has 0 amide bonds. The van der Waals surface area contributed by atoms with E-state index in [0.29, 0.717) is 0 Å². The van der Waals surface area contributed by atoms with Gasteiger partial charge in [0.2, 0.25) is 0 Å². The van der Waals surface area contributed by atoms with Crippen molar-refractivity contribution in [3.05, 3.63) is 48.5 Å². The van der Waals surface area contributed by atoms with E-state index in [1.165, 1.54) is 0 Å². The minimum atomic E-state index is 0. The normalized spacial score (nSPS) is 11.2. The Bertz CT molecular complexity index is 397. The van der Waals surface area contributed by atoms with Crippen LogP contribution in [0, 0.1) is 0 Å². The molecule has 0 radical (unpaired) electrons. The number of hydrogen-bond donors (Lipinski definition) is 1. The van der Waals surface area contributed by atoms with E-state index in [-0.39, 0.29) is 12.4 Å². The molecule has 1 N–H and O–H groups in total. The molecule has 0 unspecified atom stereocenters. The summed E-state index contributed by atoms with van der Waals surface area (Å²) >= 11 is 0. The molecule has 1 aliphatic rings. The topological polar surface area (TPSA) is 21.3 Å². The number of anilines is 2. The molecule has 0 spiro atoms. The van der Waals surface area contributed by atoms with Crippen molar-refractivity contribution in [3.8, 4) is 11.5 Å². The zero-order valence-corrected chi connectivity index (χ0v) is 8.75. The maximum absolute atomic E-state index is 5.71. The van der Waals surface area contributed by atoms with Crippen LogP contribution in [0.5, 0.6) is 11.5 Å². The Kier molecular flexibility index (Phi) is 2.52. The lowest BCUT2D eigenvalue weighted by Crippen LogP contribution is -2.01. The number of hydrogen-bond acceptors (Lipinski definition) is 2. The molecule has 3 rings (SSSR count). The monoisotopic (exact) mass is 219 g/mol. The van der Waals surface area contributed by atoms with E-state index in [1.54, 1.807) is 0 Å². The summed E-state index contributed by atoms with van der Waals surface area (Å²) in [6, 6.07) is 15.8. The van der Waals surface area contributed by atoms with Crippen molar-refractivity contribution in [2.24, 2.45) is 0 Å². The zero-order chi connectivity index (χ0) is 9.38. The molecule has 1 aliphatic heterocycles. The van der Waals surface area contributed by atoms with Crippen molar-refractivity contribution in [2.75, 3.05) is 5.32 Å². The molecule has 3 heteroatoms. The first-order valence-electron chi connectivity index (χ1n) is 4.56. The van der Waals surface area contributed by atoms with Crippen molar-refractivity contribution in [2.45, 2.75) is 0 Å². The molecule has 0 aliphatic carbocycles. The van der Waals surface area contributed by atoms with Gasteiger partial charge in [-0.3, -0.25) is 0 Å². The van der Waals surface area contributed by atoms with Gasteiger partial charge >= 0.3 is 0 Å². The van der Waals surface area contributed by atoms with E-state index in [9.17, 15) is 0 Å². The number of benzene rings is 2. The van der Waals surface area contributed by atoms with Crippen molar-refractivity contribution in [1.82, 2.24) is 0 Å². The van der Waals surface area contributed by atoms with E-state index in [1.807, 2.05) is 48.5 Å². The van der Waals surface area contributed by atoms with Gasteiger partial charge in [0.25, 0.3) is 0 Å². The quantitative estimate of drug-likeness (QED) is 0.618. The van der Waals surface area contributed by atoms with Crippen molar-refractivity contribution < 1.29 is 4.74 Å². The molecule has 0 saturated heterocycles. The van der Waals surface area contributed by atoms with Gasteiger partial charge in [-0.25, -0.2) is 0 Å². The highest BCUT2D eigenvalue weighted by molar-refractivity contribution is 5.85. The maximum atomic E-state index is 5.71. The highest BCUT2D eigenvalue weighted by atomic mass is 35.5. The number of ether oxygens (including phenoxy) is 1. The maximum Gasteiger partial charge on any atom is 0.150 e. The van der Waals surface area contributed by atoms with Crippen LogP contribution < -0.4 is 10.1 Å². The van der Waals surface area contributed by atoms with Gasteiger partial charge in [0.05, 0.1) is 11.4 Å². The summed E-state index contributed by atoms with van der Waals surface area (Å²) in [5.74, 6) is 1.76. The van der Waals surface area contributed by atoms with Crippen LogP contribution in [0.2, 0.25) is 0 Å². The molecule has 2 aromatic carbocycles. The molecular weight excluding hydrogens is 210 g/mol. The fourth-order valence-corrected chi connectivity index (χ4v) is 1.58. The molecule has 15 heavy (non-hydrogen) atoms. The van der Waals surface area contributed by atoms with Gasteiger partial charge < -0.3 is 10.1 Å². The van der Waals surface area contributed by atoms with Gasteiger partial charge in [-0.2, -0.15) is 0 Å². The first kappa shape index (κ1) is 9.87. The van der Waals surface area contributed by atoms with Crippen LogP contribution in [0.25, 0.3) is 0 Å². The first-order valence-corrected chi connectivity index (χ1v) is 4.56. The minimum absolute atomic E-state index is 0. The third kappa shape index (κ3) is 1.64. The van der Waals surface area contributed by atoms with Gasteiger partial charge in [-0.15, -0.1) is 12.4 Å². The highest BCUT2D eigenvalue weighted by Gasteiger charge is 2.13. The number of halogens is 1. The van der Waals surface area contributed by atoms with Crippen LogP contribution in [0.4, 0.5) is 11.4 Å². The standard InChI is InChI=1S/C12H9NO.ClH/c1-3-7-11-9(5-1)13-10-6-2-4-8-12(10)14-11;/h1-8,13H;1H. The lowest BCUT2D eigenvalue weighted by Gasteiger charge is -2.20. The van der Waals surface area contributed by atoms with Gasteiger partial charge in [0.15, 0.2) is 11.5 Å². The third-order valence-electron chi connectivity index (χ3n) is 2.26. The molecule has 0 fully saturated rings. The predicted octanol–water partition coefficient (Wildman–Crippen LogP) is 3.96. The fraction of sp³-hybridized carbons (Fsp3) is 0. The van der Waals surface area contributed by atoms with Crippen LogP contribution >= 0.6 is 12.4 Å². The predicted molar refractivity (Wildman–Crippen MR) is 63.5 cm³/mol. The largest absolute Gasteiger partial charge is 0.453 e. The number of para-hydroxylation sites is 4. The Hall–Kier alpha value is -1.67. The van der Waals surface area contributed by atoms with Crippen molar-refractivity contribution in [1.29, 1.82) is 0 Å². The minimum Gasteiger partial charge on any atom is -0.453 e. The lowest BCUT2D eigenvalue weighted by molar-refractivity contribution is 0.481. The van der Waals surface area contributed by atoms with E-state index in [4.69, 9.17) is 4.74 Å². The van der Waals surface area contributed by atoms with Gasteiger partial charge in [-0.1, -0.05) is 24.3 Å². The number of rotatable bonds is 0. The van der Waals surface area contributed by atoms with Crippen LogP contribution in [0.1, 0.15) is 0 Å². The van der Waals surface area contributed by atoms with Crippen LogP contribution in [0.15, 0.2) is 48.5 Å². The number of fused-ring (bicyclic) bond motifs is 2. The smallest absolute Gasteiger partial charge is 0.150 e.